The number of hydrogen-bond acceptors (Lipinski definition) is 4. The van der Waals surface area contributed by atoms with Gasteiger partial charge in [-0.05, 0) is 37.8 Å². The van der Waals surface area contributed by atoms with E-state index in [2.05, 4.69) is 64.1 Å². The second-order valence-electron chi connectivity index (χ2n) is 25.8. The molecule has 474 valence electrons. The van der Waals surface area contributed by atoms with Gasteiger partial charge in [-0.25, -0.2) is 0 Å². The third-order valence-electron chi connectivity index (χ3n) is 18.0. The second-order valence-corrected chi connectivity index (χ2v) is 25.8. The molecule has 0 amide bonds. The fourth-order valence-corrected chi connectivity index (χ4v) is 12.6. The molecule has 0 saturated heterocycles. The molecule has 0 aliphatic heterocycles. The first-order valence-corrected chi connectivity index (χ1v) is 37.3. The maximum Gasteiger partial charge on any atom is 0.172 e. The van der Waals surface area contributed by atoms with Gasteiger partial charge in [0.05, 0.1) is 31.8 Å². The van der Waals surface area contributed by atoms with Crippen molar-refractivity contribution in [2.45, 2.75) is 387 Å². The van der Waals surface area contributed by atoms with E-state index in [0.717, 1.165) is 76.8 Å². The van der Waals surface area contributed by atoms with Crippen molar-refractivity contribution in [1.82, 2.24) is 0 Å². The van der Waals surface area contributed by atoms with Crippen LogP contribution >= 0.6 is 0 Å². The summed E-state index contributed by atoms with van der Waals surface area (Å²) in [5.41, 5.74) is 0. The molecule has 0 saturated carbocycles. The molecule has 0 aliphatic carbocycles. The molecule has 3 rings (SSSR count). The maximum atomic E-state index is 7.09. The van der Waals surface area contributed by atoms with Crippen molar-refractivity contribution in [3.63, 3.8) is 0 Å². The highest BCUT2D eigenvalue weighted by atomic mass is 16.5. The molecule has 82 heavy (non-hydrogen) atoms. The summed E-state index contributed by atoms with van der Waals surface area (Å²) in [6.45, 7) is 12.1. The Morgan fingerprint density at radius 1 is 0.195 bits per heavy atom. The van der Waals surface area contributed by atoms with Gasteiger partial charge in [0.15, 0.2) is 11.5 Å². The molecule has 0 unspecified atom stereocenters. The average Bonchev–Trinajstić information content (AvgIpc) is 2.94. The van der Waals surface area contributed by atoms with Crippen LogP contribution in [0.1, 0.15) is 387 Å². The highest BCUT2D eigenvalue weighted by molar-refractivity contribution is 6.13. The number of rotatable bonds is 64. The molecule has 0 heterocycles. The average molecular weight is 1140 g/mol. The van der Waals surface area contributed by atoms with E-state index < -0.39 is 0 Å². The summed E-state index contributed by atoms with van der Waals surface area (Å²) in [7, 11) is 0. The molecular formula is C78H138O4. The fourth-order valence-electron chi connectivity index (χ4n) is 12.6. The van der Waals surface area contributed by atoms with Crippen molar-refractivity contribution in [2.24, 2.45) is 0 Å². The van der Waals surface area contributed by atoms with Crippen molar-refractivity contribution < 1.29 is 18.9 Å². The van der Waals surface area contributed by atoms with E-state index in [1.807, 2.05) is 0 Å². The van der Waals surface area contributed by atoms with Gasteiger partial charge < -0.3 is 18.9 Å². The molecule has 0 fully saturated rings. The second kappa shape index (κ2) is 56.2. The Kier molecular flexibility index (Phi) is 50.5. The lowest BCUT2D eigenvalue weighted by Gasteiger charge is -2.22. The quantitative estimate of drug-likeness (QED) is 0.0417. The Hall–Kier alpha value is -2.62. The van der Waals surface area contributed by atoms with Crippen LogP contribution in [0.25, 0.3) is 21.5 Å². The molecule has 0 bridgehead atoms. The summed E-state index contributed by atoms with van der Waals surface area (Å²) in [6.07, 6.45) is 75.9. The van der Waals surface area contributed by atoms with Crippen LogP contribution < -0.4 is 18.9 Å². The largest absolute Gasteiger partial charge is 0.492 e. The maximum absolute atomic E-state index is 7.09. The van der Waals surface area contributed by atoms with Gasteiger partial charge in [-0.3, -0.25) is 0 Å². The number of benzene rings is 3. The standard InChI is InChI=1S/C78H138O4/c1-5-9-13-17-21-25-29-33-37-41-45-49-53-59-67-79-74-66-65-73-75(78(74)82-70-62-56-52-48-44-40-36-32-28-24-20-16-12-8-4)77(81-69-61-55-51-47-43-39-35-31-27-23-19-15-11-7-3)72-64-58-57-63-71(72)76(73)80-68-60-54-50-46-42-38-34-30-26-22-18-14-10-6-2/h57-58,63-66H,5-56,59-62,67-70H2,1-4H3. The van der Waals surface area contributed by atoms with Crippen LogP contribution in [0, 0.1) is 0 Å². The summed E-state index contributed by atoms with van der Waals surface area (Å²) in [5, 5.41) is 4.41. The molecule has 0 N–H and O–H groups in total. The van der Waals surface area contributed by atoms with Crippen LogP contribution in [0.15, 0.2) is 36.4 Å². The Bertz CT molecular complexity index is 1820. The lowest BCUT2D eigenvalue weighted by atomic mass is 9.99. The van der Waals surface area contributed by atoms with E-state index in [4.69, 9.17) is 18.9 Å². The first-order chi connectivity index (χ1) is 40.8. The summed E-state index contributed by atoms with van der Waals surface area (Å²) >= 11 is 0. The smallest absolute Gasteiger partial charge is 0.172 e. The molecule has 0 atom stereocenters. The van der Waals surface area contributed by atoms with E-state index in [1.165, 1.54) is 334 Å². The lowest BCUT2D eigenvalue weighted by Crippen LogP contribution is -2.06. The number of ether oxygens (including phenoxy) is 4. The van der Waals surface area contributed by atoms with Crippen LogP contribution in [0.5, 0.6) is 23.0 Å². The zero-order valence-corrected chi connectivity index (χ0v) is 55.5. The molecular weight excluding hydrogens is 1000 g/mol. The van der Waals surface area contributed by atoms with Gasteiger partial charge in [-0.2, -0.15) is 0 Å². The summed E-state index contributed by atoms with van der Waals surface area (Å²) in [5.74, 6) is 3.65. The predicted molar refractivity (Wildman–Crippen MR) is 365 cm³/mol. The Balaban J connectivity index is 1.69. The van der Waals surface area contributed by atoms with E-state index in [9.17, 15) is 0 Å². The van der Waals surface area contributed by atoms with Crippen LogP contribution in [0.3, 0.4) is 0 Å². The van der Waals surface area contributed by atoms with Crippen LogP contribution in [-0.2, 0) is 0 Å². The van der Waals surface area contributed by atoms with Crippen molar-refractivity contribution >= 4 is 21.5 Å². The van der Waals surface area contributed by atoms with Gasteiger partial charge >= 0.3 is 0 Å². The first kappa shape index (κ1) is 73.6. The number of fused-ring (bicyclic) bond motifs is 2. The van der Waals surface area contributed by atoms with Crippen LogP contribution in [0.4, 0.5) is 0 Å². The molecule has 0 aromatic heterocycles. The highest BCUT2D eigenvalue weighted by Crippen LogP contribution is 2.50. The van der Waals surface area contributed by atoms with Crippen LogP contribution in [-0.4, -0.2) is 26.4 Å². The summed E-state index contributed by atoms with van der Waals surface area (Å²) < 4.78 is 28.0. The topological polar surface area (TPSA) is 36.9 Å². The third-order valence-corrected chi connectivity index (χ3v) is 18.0. The Labute approximate surface area is 511 Å². The summed E-state index contributed by atoms with van der Waals surface area (Å²) in [6, 6.07) is 13.3. The van der Waals surface area contributed by atoms with E-state index in [1.54, 1.807) is 0 Å². The molecule has 0 spiro atoms. The lowest BCUT2D eigenvalue weighted by molar-refractivity contribution is 0.259. The zero-order chi connectivity index (χ0) is 58.1. The monoisotopic (exact) mass is 1140 g/mol. The SMILES string of the molecule is CCCCCCCCCCCCCCCCOc1ccc2c(OCCCCCCCCCCCCCCCC)c3ccccc3c(OCCCCCCCCCCCCCCCC)c2c1OCCCCCCCCCCCCCCCC. The van der Waals surface area contributed by atoms with Gasteiger partial charge in [0.2, 0.25) is 0 Å². The minimum absolute atomic E-state index is 0.687. The molecule has 3 aromatic carbocycles. The van der Waals surface area contributed by atoms with Crippen LogP contribution in [0.2, 0.25) is 0 Å². The predicted octanol–water partition coefficient (Wildman–Crippen LogP) is 27.4. The molecule has 4 heteroatoms. The van der Waals surface area contributed by atoms with E-state index in [-0.39, 0.29) is 0 Å². The Morgan fingerprint density at radius 3 is 0.695 bits per heavy atom. The number of unbranched alkanes of at least 4 members (excludes halogenated alkanes) is 52. The van der Waals surface area contributed by atoms with Gasteiger partial charge in [-0.1, -0.05) is 386 Å². The number of hydrogen-bond donors (Lipinski definition) is 0. The fraction of sp³-hybridized carbons (Fsp3) is 0.821. The molecule has 0 radical (unpaired) electrons. The molecule has 0 aliphatic rings. The zero-order valence-electron chi connectivity index (χ0n) is 55.5. The normalized spacial score (nSPS) is 11.7. The minimum atomic E-state index is 0.687. The van der Waals surface area contributed by atoms with Crippen molar-refractivity contribution in [2.75, 3.05) is 26.4 Å². The van der Waals surface area contributed by atoms with Crippen molar-refractivity contribution in [3.05, 3.63) is 36.4 Å². The van der Waals surface area contributed by atoms with Crippen molar-refractivity contribution in [1.29, 1.82) is 0 Å². The van der Waals surface area contributed by atoms with E-state index in [0.29, 0.717) is 19.8 Å². The third kappa shape index (κ3) is 37.7. The van der Waals surface area contributed by atoms with Gasteiger partial charge in [0.1, 0.15) is 11.5 Å². The molecule has 3 aromatic rings. The Morgan fingerprint density at radius 2 is 0.415 bits per heavy atom. The summed E-state index contributed by atoms with van der Waals surface area (Å²) in [4.78, 5) is 0. The first-order valence-electron chi connectivity index (χ1n) is 37.3. The molecule has 4 nitrogen and oxygen atoms in total. The van der Waals surface area contributed by atoms with Crippen molar-refractivity contribution in [3.8, 4) is 23.0 Å². The highest BCUT2D eigenvalue weighted by Gasteiger charge is 2.23. The van der Waals surface area contributed by atoms with Gasteiger partial charge in [0.25, 0.3) is 0 Å². The van der Waals surface area contributed by atoms with Gasteiger partial charge in [0, 0.05) is 16.2 Å². The van der Waals surface area contributed by atoms with Gasteiger partial charge in [-0.15, -0.1) is 0 Å². The minimum Gasteiger partial charge on any atom is -0.492 e. The van der Waals surface area contributed by atoms with E-state index >= 15 is 0 Å².